The van der Waals surface area contributed by atoms with Gasteiger partial charge in [-0.2, -0.15) is 0 Å². The molecule has 4 unspecified atom stereocenters. The summed E-state index contributed by atoms with van der Waals surface area (Å²) >= 11 is 0. The average Bonchev–Trinajstić information content (AvgIpc) is 3.56. The highest BCUT2D eigenvalue weighted by Crippen LogP contribution is 2.61. The molecule has 0 spiro atoms. The fraction of sp³-hybridized carbons (Fsp3) is 0.439. The maximum Gasteiger partial charge on any atom is 0.194 e. The summed E-state index contributed by atoms with van der Waals surface area (Å²) in [5.41, 5.74) is 13.8. The predicted octanol–water partition coefficient (Wildman–Crippen LogP) is 9.62. The van der Waals surface area contributed by atoms with Crippen LogP contribution in [0.5, 0.6) is 0 Å². The summed E-state index contributed by atoms with van der Waals surface area (Å²) in [6.45, 7) is 0. The van der Waals surface area contributed by atoms with Gasteiger partial charge in [0.15, 0.2) is 5.78 Å². The number of fused-ring (bicyclic) bond motifs is 10. The van der Waals surface area contributed by atoms with E-state index in [1.807, 2.05) is 6.07 Å². The van der Waals surface area contributed by atoms with Crippen molar-refractivity contribution in [1.82, 2.24) is 14.4 Å². The minimum atomic E-state index is 0.202. The summed E-state index contributed by atoms with van der Waals surface area (Å²) in [4.78, 5) is 25.1. The topological polar surface area (TPSA) is 47.3 Å². The third kappa shape index (κ3) is 2.64. The van der Waals surface area contributed by atoms with Crippen LogP contribution in [0.25, 0.3) is 49.2 Å². The second-order valence-electron chi connectivity index (χ2n) is 16.5. The van der Waals surface area contributed by atoms with Crippen molar-refractivity contribution in [3.8, 4) is 11.1 Å². The Bertz CT molecular complexity index is 2350. The average molecular weight is 586 g/mol. The Hall–Kier alpha value is -3.79. The zero-order chi connectivity index (χ0) is 28.9. The number of nitrogens with zero attached hydrogens (tertiary/aromatic N) is 3. The Morgan fingerprint density at radius 3 is 1.73 bits per heavy atom. The van der Waals surface area contributed by atoms with Gasteiger partial charge >= 0.3 is 0 Å². The van der Waals surface area contributed by atoms with Crippen molar-refractivity contribution in [3.63, 3.8) is 0 Å². The van der Waals surface area contributed by atoms with Crippen molar-refractivity contribution in [2.75, 3.05) is 0 Å². The van der Waals surface area contributed by atoms with E-state index in [1.165, 1.54) is 119 Å². The van der Waals surface area contributed by atoms with Gasteiger partial charge in [0.05, 0.1) is 28.9 Å². The van der Waals surface area contributed by atoms with Crippen molar-refractivity contribution in [3.05, 3.63) is 76.4 Å². The summed E-state index contributed by atoms with van der Waals surface area (Å²) in [6, 6.07) is 10.7. The number of rotatable bonds is 0. The first-order chi connectivity index (χ1) is 22.2. The van der Waals surface area contributed by atoms with Gasteiger partial charge < -0.3 is 4.40 Å². The number of aromatic nitrogens is 3. The normalized spacial score (nSPS) is 33.4. The van der Waals surface area contributed by atoms with Crippen LogP contribution in [0, 0.1) is 23.7 Å². The zero-order valence-corrected chi connectivity index (χ0v) is 25.5. The number of hydrogen-bond acceptors (Lipinski definition) is 3. The third-order valence-corrected chi connectivity index (χ3v) is 14.3. The first kappa shape index (κ1) is 23.5. The molecule has 9 aliphatic rings. The summed E-state index contributed by atoms with van der Waals surface area (Å²) in [5.74, 6) is 5.92. The van der Waals surface area contributed by atoms with Crippen molar-refractivity contribution < 1.29 is 4.79 Å². The van der Waals surface area contributed by atoms with E-state index < -0.39 is 0 Å². The van der Waals surface area contributed by atoms with Crippen LogP contribution < -0.4 is 0 Å². The monoisotopic (exact) mass is 585 g/mol. The molecule has 0 radical (unpaired) electrons. The van der Waals surface area contributed by atoms with Gasteiger partial charge in [0, 0.05) is 61.5 Å². The largest absolute Gasteiger partial charge is 0.305 e. The zero-order valence-electron chi connectivity index (χ0n) is 25.5. The molecule has 15 rings (SSSR count). The molecule has 0 amide bonds. The number of hydrogen-bond donors (Lipinski definition) is 0. The predicted molar refractivity (Wildman–Crippen MR) is 177 cm³/mol. The highest BCUT2D eigenvalue weighted by molar-refractivity contribution is 6.35. The number of carbonyl (C=O) groups is 1. The van der Waals surface area contributed by atoms with Crippen LogP contribution in [0.4, 0.5) is 0 Å². The molecule has 0 aliphatic heterocycles. The van der Waals surface area contributed by atoms with Crippen LogP contribution >= 0.6 is 0 Å². The van der Waals surface area contributed by atoms with Crippen LogP contribution in [-0.2, 0) is 0 Å². The van der Waals surface area contributed by atoms with Gasteiger partial charge in [0.25, 0.3) is 0 Å². The lowest BCUT2D eigenvalue weighted by Crippen LogP contribution is -2.25. The fourth-order valence-corrected chi connectivity index (χ4v) is 13.3. The summed E-state index contributed by atoms with van der Waals surface area (Å²) in [5, 5.41) is 5.45. The Kier molecular flexibility index (Phi) is 3.97. The van der Waals surface area contributed by atoms with Gasteiger partial charge in [-0.1, -0.05) is 24.3 Å². The molecular weight excluding hydrogens is 550 g/mol. The van der Waals surface area contributed by atoms with Crippen LogP contribution in [0.2, 0.25) is 0 Å². The molecule has 4 atom stereocenters. The second kappa shape index (κ2) is 7.60. The van der Waals surface area contributed by atoms with Gasteiger partial charge in [0.2, 0.25) is 0 Å². The fourth-order valence-electron chi connectivity index (χ4n) is 13.3. The molecular formula is C41H35N3O. The molecule has 2 aromatic carbocycles. The van der Waals surface area contributed by atoms with E-state index in [1.54, 1.807) is 11.1 Å². The molecule has 4 fully saturated rings. The van der Waals surface area contributed by atoms with Gasteiger partial charge in [-0.15, -0.1) is 0 Å². The number of benzene rings is 2. The van der Waals surface area contributed by atoms with E-state index in [4.69, 9.17) is 9.97 Å². The van der Waals surface area contributed by atoms with Crippen molar-refractivity contribution in [2.24, 2.45) is 23.7 Å². The lowest BCUT2D eigenvalue weighted by Gasteiger charge is -2.38. The number of ketones is 1. The van der Waals surface area contributed by atoms with E-state index in [0.717, 1.165) is 40.4 Å². The SMILES string of the molecule is O=C1c2ccccc2-c2c1cc1c3c4c(ncc3n3c5cnc6c(c5c2c13)C1CC2CC(CC6C2)C1)C1CC2CC(C1)CC4C2. The maximum atomic E-state index is 14.3. The molecule has 9 aliphatic carbocycles. The Labute approximate surface area is 261 Å². The maximum absolute atomic E-state index is 14.3. The first-order valence-corrected chi connectivity index (χ1v) is 17.9. The minimum Gasteiger partial charge on any atom is -0.305 e. The smallest absolute Gasteiger partial charge is 0.194 e. The van der Waals surface area contributed by atoms with E-state index in [2.05, 4.69) is 41.1 Å². The highest BCUT2D eigenvalue weighted by atomic mass is 16.1. The van der Waals surface area contributed by atoms with Crippen LogP contribution in [0.15, 0.2) is 42.7 Å². The Morgan fingerprint density at radius 1 is 0.578 bits per heavy atom. The summed E-state index contributed by atoms with van der Waals surface area (Å²) in [7, 11) is 0. The number of pyridine rings is 2. The lowest BCUT2D eigenvalue weighted by molar-refractivity contribution is 0.104. The van der Waals surface area contributed by atoms with Gasteiger partial charge in [-0.3, -0.25) is 14.8 Å². The molecule has 220 valence electrons. The molecule has 45 heavy (non-hydrogen) atoms. The number of carbonyl (C=O) groups excluding carboxylic acids is 1. The van der Waals surface area contributed by atoms with Gasteiger partial charge in [-0.05, 0) is 122 Å². The van der Waals surface area contributed by atoms with Crippen LogP contribution in [0.1, 0.15) is 126 Å². The van der Waals surface area contributed by atoms with Crippen LogP contribution in [-0.4, -0.2) is 20.2 Å². The highest BCUT2D eigenvalue weighted by Gasteiger charge is 2.47. The van der Waals surface area contributed by atoms with E-state index >= 15 is 0 Å². The molecule has 4 heteroatoms. The molecule has 6 aromatic rings. The minimum absolute atomic E-state index is 0.202. The van der Waals surface area contributed by atoms with Crippen molar-refractivity contribution in [2.45, 2.75) is 87.9 Å². The van der Waals surface area contributed by atoms with Gasteiger partial charge in [0.1, 0.15) is 0 Å². The van der Waals surface area contributed by atoms with E-state index in [-0.39, 0.29) is 5.78 Å². The second-order valence-corrected chi connectivity index (χ2v) is 16.5. The first-order valence-electron chi connectivity index (χ1n) is 17.9. The molecule has 4 nitrogen and oxygen atoms in total. The molecule has 4 saturated carbocycles. The lowest BCUT2D eigenvalue weighted by atomic mass is 9.67. The van der Waals surface area contributed by atoms with Crippen LogP contribution in [0.3, 0.4) is 0 Å². The quantitative estimate of drug-likeness (QED) is 0.178. The Balaban J connectivity index is 1.25. The molecule has 8 bridgehead atoms. The molecule has 0 saturated heterocycles. The molecule has 4 heterocycles. The van der Waals surface area contributed by atoms with Crippen molar-refractivity contribution in [1.29, 1.82) is 0 Å². The molecule has 0 N–H and O–H groups in total. The van der Waals surface area contributed by atoms with E-state index in [0.29, 0.717) is 23.7 Å². The van der Waals surface area contributed by atoms with Crippen molar-refractivity contribution >= 4 is 43.9 Å². The molecule has 4 aromatic heterocycles. The summed E-state index contributed by atoms with van der Waals surface area (Å²) < 4.78 is 2.56. The third-order valence-electron chi connectivity index (χ3n) is 14.3. The van der Waals surface area contributed by atoms with E-state index in [9.17, 15) is 4.79 Å². The standard InChI is InChI=1S/C41H35N3O/c45-41-27-4-2-1-3-26(27)34-29(41)15-28-35-30(16-42-38-24-11-18-5-19(12-24)8-22(7-18)32(35)38)44-31-17-43-39-25-13-20-6-21(14-25)10-23(9-20)33(39)36(31)37(34)40(28)44/h1-4,15-25H,5-14H2. The summed E-state index contributed by atoms with van der Waals surface area (Å²) in [6.07, 6.45) is 17.8. The van der Waals surface area contributed by atoms with Gasteiger partial charge in [-0.25, -0.2) is 0 Å². The Morgan fingerprint density at radius 2 is 1.11 bits per heavy atom.